The van der Waals surface area contributed by atoms with Crippen LogP contribution in [0.1, 0.15) is 58.4 Å². The average Bonchev–Trinajstić information content (AvgIpc) is 2.66. The van der Waals surface area contributed by atoms with Crippen LogP contribution >= 0.6 is 0 Å². The highest BCUT2D eigenvalue weighted by atomic mass is 16.6. The maximum atomic E-state index is 11.3. The fourth-order valence-electron chi connectivity index (χ4n) is 2.71. The van der Waals surface area contributed by atoms with Gasteiger partial charge < -0.3 is 9.47 Å². The normalized spacial score (nSPS) is 15.1. The van der Waals surface area contributed by atoms with Crippen LogP contribution in [0.3, 0.4) is 0 Å². The van der Waals surface area contributed by atoms with E-state index in [2.05, 4.69) is 13.2 Å². The molecule has 152 valence electrons. The third-order valence-electron chi connectivity index (χ3n) is 4.37. The van der Waals surface area contributed by atoms with Crippen LogP contribution < -0.4 is 0 Å². The van der Waals surface area contributed by atoms with Gasteiger partial charge in [-0.1, -0.05) is 56.0 Å². The van der Waals surface area contributed by atoms with Gasteiger partial charge in [0.15, 0.2) is 0 Å². The SMILES string of the molecule is C=C(C)C(=O)OC1(C)CCCCC1.C=C(C)C(=O)OCC=Cc1ccccc1. The van der Waals surface area contributed by atoms with Crippen LogP contribution in [0.4, 0.5) is 0 Å². The van der Waals surface area contributed by atoms with E-state index in [-0.39, 0.29) is 24.1 Å². The number of benzene rings is 1. The van der Waals surface area contributed by atoms with Crippen LogP contribution in [0.5, 0.6) is 0 Å². The van der Waals surface area contributed by atoms with Gasteiger partial charge >= 0.3 is 11.9 Å². The minimum absolute atomic E-state index is 0.228. The second-order valence-corrected chi connectivity index (χ2v) is 7.37. The quantitative estimate of drug-likeness (QED) is 0.470. The summed E-state index contributed by atoms with van der Waals surface area (Å²) in [6, 6.07) is 9.84. The van der Waals surface area contributed by atoms with E-state index in [0.717, 1.165) is 18.4 Å². The molecular weight excluding hydrogens is 352 g/mol. The smallest absolute Gasteiger partial charge is 0.333 e. The van der Waals surface area contributed by atoms with Crippen LogP contribution in [0.2, 0.25) is 0 Å². The molecule has 1 fully saturated rings. The van der Waals surface area contributed by atoms with Gasteiger partial charge in [-0.05, 0) is 58.1 Å². The Morgan fingerprint density at radius 3 is 2.11 bits per heavy atom. The summed E-state index contributed by atoms with van der Waals surface area (Å²) >= 11 is 0. The monoisotopic (exact) mass is 384 g/mol. The molecule has 0 amide bonds. The fourth-order valence-corrected chi connectivity index (χ4v) is 2.71. The number of rotatable bonds is 6. The molecule has 1 aromatic rings. The first-order chi connectivity index (χ1) is 13.2. The van der Waals surface area contributed by atoms with Gasteiger partial charge in [0.2, 0.25) is 0 Å². The van der Waals surface area contributed by atoms with Crippen molar-refractivity contribution in [2.45, 2.75) is 58.5 Å². The van der Waals surface area contributed by atoms with Crippen molar-refractivity contribution in [1.29, 1.82) is 0 Å². The summed E-state index contributed by atoms with van der Waals surface area (Å²) in [6.45, 7) is 12.7. The van der Waals surface area contributed by atoms with Crippen molar-refractivity contribution < 1.29 is 19.1 Å². The van der Waals surface area contributed by atoms with Crippen molar-refractivity contribution in [3.63, 3.8) is 0 Å². The van der Waals surface area contributed by atoms with Crippen molar-refractivity contribution in [3.8, 4) is 0 Å². The molecule has 4 heteroatoms. The Morgan fingerprint density at radius 1 is 1.00 bits per heavy atom. The Bertz CT molecular complexity index is 695. The third-order valence-corrected chi connectivity index (χ3v) is 4.37. The van der Waals surface area contributed by atoms with E-state index in [1.54, 1.807) is 19.9 Å². The van der Waals surface area contributed by atoms with Gasteiger partial charge in [-0.3, -0.25) is 0 Å². The summed E-state index contributed by atoms with van der Waals surface area (Å²) in [7, 11) is 0. The highest BCUT2D eigenvalue weighted by Gasteiger charge is 2.30. The molecule has 4 nitrogen and oxygen atoms in total. The molecule has 0 radical (unpaired) electrons. The van der Waals surface area contributed by atoms with Gasteiger partial charge in [0.05, 0.1) is 0 Å². The van der Waals surface area contributed by atoms with Gasteiger partial charge in [-0.25, -0.2) is 9.59 Å². The number of ether oxygens (including phenoxy) is 2. The summed E-state index contributed by atoms with van der Waals surface area (Å²) < 4.78 is 10.3. The van der Waals surface area contributed by atoms with Crippen LogP contribution in [-0.4, -0.2) is 24.1 Å². The molecule has 1 aliphatic rings. The summed E-state index contributed by atoms with van der Waals surface area (Å²) in [5.74, 6) is -0.600. The predicted molar refractivity (Wildman–Crippen MR) is 114 cm³/mol. The Hall–Kier alpha value is -2.62. The lowest BCUT2D eigenvalue weighted by atomic mass is 9.86. The standard InChI is InChI=1S/C13H14O2.C11H18O2/c1-11(2)13(14)15-10-6-9-12-7-4-3-5-8-12;1-9(2)10(12)13-11(3)7-5-4-6-8-11/h3-9H,1,10H2,2H3;1,4-8H2,2-3H3. The minimum Gasteiger partial charge on any atom is -0.458 e. The summed E-state index contributed by atoms with van der Waals surface area (Å²) in [4.78, 5) is 22.3. The second-order valence-electron chi connectivity index (χ2n) is 7.37. The van der Waals surface area contributed by atoms with E-state index in [9.17, 15) is 9.59 Å². The average molecular weight is 385 g/mol. The van der Waals surface area contributed by atoms with Gasteiger partial charge in [0.25, 0.3) is 0 Å². The zero-order valence-electron chi connectivity index (χ0n) is 17.3. The highest BCUT2D eigenvalue weighted by molar-refractivity contribution is 5.87. The topological polar surface area (TPSA) is 52.6 Å². The zero-order valence-corrected chi connectivity index (χ0v) is 17.3. The van der Waals surface area contributed by atoms with Gasteiger partial charge in [0, 0.05) is 11.1 Å². The lowest BCUT2D eigenvalue weighted by Gasteiger charge is -2.33. The van der Waals surface area contributed by atoms with Gasteiger partial charge in [0.1, 0.15) is 12.2 Å². The van der Waals surface area contributed by atoms with E-state index >= 15 is 0 Å². The summed E-state index contributed by atoms with van der Waals surface area (Å²) in [6.07, 6.45) is 9.29. The Kier molecular flexibility index (Phi) is 10.0. The lowest BCUT2D eigenvalue weighted by molar-refractivity contribution is -0.156. The van der Waals surface area contributed by atoms with Crippen molar-refractivity contribution in [1.82, 2.24) is 0 Å². The minimum atomic E-state index is -0.354. The van der Waals surface area contributed by atoms with E-state index < -0.39 is 0 Å². The van der Waals surface area contributed by atoms with Crippen molar-refractivity contribution in [2.24, 2.45) is 0 Å². The first-order valence-corrected chi connectivity index (χ1v) is 9.66. The van der Waals surface area contributed by atoms with Crippen molar-refractivity contribution in [3.05, 3.63) is 66.3 Å². The zero-order chi connectivity index (χ0) is 21.0. The number of hydrogen-bond donors (Lipinski definition) is 0. The van der Waals surface area contributed by atoms with E-state index in [4.69, 9.17) is 9.47 Å². The van der Waals surface area contributed by atoms with Gasteiger partial charge in [-0.2, -0.15) is 0 Å². The first-order valence-electron chi connectivity index (χ1n) is 9.66. The first kappa shape index (κ1) is 23.4. The van der Waals surface area contributed by atoms with Crippen LogP contribution in [0, 0.1) is 0 Å². The predicted octanol–water partition coefficient (Wildman–Crippen LogP) is 5.65. The molecule has 0 bridgehead atoms. The molecule has 0 saturated heterocycles. The molecule has 0 spiro atoms. The molecule has 2 rings (SSSR count). The Morgan fingerprint density at radius 2 is 1.57 bits per heavy atom. The number of carbonyl (C=O) groups excluding carboxylic acids is 2. The molecule has 1 aromatic carbocycles. The molecule has 0 unspecified atom stereocenters. The summed E-state index contributed by atoms with van der Waals surface area (Å²) in [5, 5.41) is 0. The second kappa shape index (κ2) is 12.0. The van der Waals surface area contributed by atoms with Crippen molar-refractivity contribution >= 4 is 18.0 Å². The molecule has 0 aromatic heterocycles. The van der Waals surface area contributed by atoms with Crippen molar-refractivity contribution in [2.75, 3.05) is 6.61 Å². The molecule has 0 heterocycles. The fraction of sp³-hybridized carbons (Fsp3) is 0.417. The van der Waals surface area contributed by atoms with E-state index in [0.29, 0.717) is 11.1 Å². The lowest BCUT2D eigenvalue weighted by Crippen LogP contribution is -2.34. The Labute approximate surface area is 168 Å². The number of esters is 2. The van der Waals surface area contributed by atoms with E-state index in [1.807, 2.05) is 43.3 Å². The third kappa shape index (κ3) is 9.36. The number of hydrogen-bond acceptors (Lipinski definition) is 4. The maximum absolute atomic E-state index is 11.3. The summed E-state index contributed by atoms with van der Waals surface area (Å²) in [5.41, 5.74) is 1.77. The van der Waals surface area contributed by atoms with Crippen LogP contribution in [0.15, 0.2) is 60.7 Å². The molecular formula is C24H32O4. The molecule has 28 heavy (non-hydrogen) atoms. The molecule has 0 aliphatic heterocycles. The van der Waals surface area contributed by atoms with Crippen LogP contribution in [-0.2, 0) is 19.1 Å². The largest absolute Gasteiger partial charge is 0.458 e. The highest BCUT2D eigenvalue weighted by Crippen LogP contribution is 2.31. The molecule has 1 saturated carbocycles. The molecule has 1 aliphatic carbocycles. The van der Waals surface area contributed by atoms with Crippen LogP contribution in [0.25, 0.3) is 6.08 Å². The van der Waals surface area contributed by atoms with E-state index in [1.165, 1.54) is 19.3 Å². The van der Waals surface area contributed by atoms with Gasteiger partial charge in [-0.15, -0.1) is 0 Å². The Balaban J connectivity index is 0.000000283. The maximum Gasteiger partial charge on any atom is 0.333 e. The number of carbonyl (C=O) groups is 2. The molecule has 0 N–H and O–H groups in total. The molecule has 0 atom stereocenters.